The average molecular weight is 342 g/mol. The van der Waals surface area contributed by atoms with Crippen LogP contribution in [0.2, 0.25) is 0 Å². The second kappa shape index (κ2) is 6.72. The molecule has 132 valence electrons. The number of carbonyl (C=O) groups excluding carboxylic acids is 1. The molecule has 0 aromatic heterocycles. The fourth-order valence-corrected chi connectivity index (χ4v) is 3.01. The van der Waals surface area contributed by atoms with Crippen molar-refractivity contribution in [2.45, 2.75) is 25.1 Å². The number of amides is 1. The molecule has 3 rings (SSSR count). The molecular weight excluding hydrogens is 321 g/mol. The normalized spacial score (nSPS) is 20.9. The topological polar surface area (TPSA) is 43.8 Å². The van der Waals surface area contributed by atoms with E-state index in [9.17, 15) is 23.1 Å². The van der Waals surface area contributed by atoms with E-state index in [1.807, 2.05) is 0 Å². The highest BCUT2D eigenvalue weighted by Crippen LogP contribution is 2.33. The predicted octanol–water partition coefficient (Wildman–Crippen LogP) is 2.23. The van der Waals surface area contributed by atoms with E-state index >= 15 is 0 Å². The SMILES string of the molecule is O=C(c1ccc(C(F)(F)F)cc1)N1CCN(C[C@H](O)C2CC2)CC1. The van der Waals surface area contributed by atoms with Gasteiger partial charge < -0.3 is 10.0 Å². The van der Waals surface area contributed by atoms with E-state index in [1.165, 1.54) is 12.1 Å². The minimum atomic E-state index is -4.39. The summed E-state index contributed by atoms with van der Waals surface area (Å²) in [5, 5.41) is 9.97. The van der Waals surface area contributed by atoms with Crippen molar-refractivity contribution in [3.8, 4) is 0 Å². The minimum absolute atomic E-state index is 0.244. The predicted molar refractivity (Wildman–Crippen MR) is 82.5 cm³/mol. The Hall–Kier alpha value is -1.60. The maximum Gasteiger partial charge on any atom is 0.416 e. The first-order valence-corrected chi connectivity index (χ1v) is 8.21. The van der Waals surface area contributed by atoms with Gasteiger partial charge in [0.1, 0.15) is 0 Å². The van der Waals surface area contributed by atoms with Gasteiger partial charge in [0, 0.05) is 38.3 Å². The molecule has 7 heteroatoms. The third-order valence-corrected chi connectivity index (χ3v) is 4.73. The summed E-state index contributed by atoms with van der Waals surface area (Å²) in [4.78, 5) is 16.2. The van der Waals surface area contributed by atoms with Crippen LogP contribution in [0.3, 0.4) is 0 Å². The summed E-state index contributed by atoms with van der Waals surface area (Å²) in [7, 11) is 0. The van der Waals surface area contributed by atoms with Crippen molar-refractivity contribution in [3.63, 3.8) is 0 Å². The largest absolute Gasteiger partial charge is 0.416 e. The Morgan fingerprint density at radius 2 is 1.71 bits per heavy atom. The van der Waals surface area contributed by atoms with E-state index in [0.717, 1.165) is 25.0 Å². The van der Waals surface area contributed by atoms with Gasteiger partial charge in [0.25, 0.3) is 5.91 Å². The lowest BCUT2D eigenvalue weighted by Crippen LogP contribution is -2.50. The van der Waals surface area contributed by atoms with E-state index in [4.69, 9.17) is 0 Å². The minimum Gasteiger partial charge on any atom is -0.392 e. The van der Waals surface area contributed by atoms with Crippen LogP contribution < -0.4 is 0 Å². The number of rotatable bonds is 4. The number of aliphatic hydroxyl groups excluding tert-OH is 1. The summed E-state index contributed by atoms with van der Waals surface area (Å²) in [5.74, 6) is 0.183. The Labute approximate surface area is 138 Å². The van der Waals surface area contributed by atoms with Crippen LogP contribution in [0.25, 0.3) is 0 Å². The zero-order chi connectivity index (χ0) is 17.3. The van der Waals surface area contributed by atoms with Gasteiger partial charge in [-0.1, -0.05) is 0 Å². The van der Waals surface area contributed by atoms with Crippen molar-refractivity contribution < 1.29 is 23.1 Å². The van der Waals surface area contributed by atoms with Gasteiger partial charge >= 0.3 is 6.18 Å². The first-order chi connectivity index (χ1) is 11.3. The van der Waals surface area contributed by atoms with Crippen LogP contribution >= 0.6 is 0 Å². The molecule has 1 saturated heterocycles. The number of nitrogens with zero attached hydrogens (tertiary/aromatic N) is 2. The van der Waals surface area contributed by atoms with Crippen LogP contribution in [0.5, 0.6) is 0 Å². The highest BCUT2D eigenvalue weighted by molar-refractivity contribution is 5.94. The summed E-state index contributed by atoms with van der Waals surface area (Å²) in [6, 6.07) is 4.34. The molecule has 1 atom stereocenters. The quantitative estimate of drug-likeness (QED) is 0.913. The summed E-state index contributed by atoms with van der Waals surface area (Å²) < 4.78 is 37.7. The Morgan fingerprint density at radius 3 is 2.21 bits per heavy atom. The summed E-state index contributed by atoms with van der Waals surface area (Å²) in [6.45, 7) is 3.04. The molecule has 1 aromatic rings. The molecule has 0 bridgehead atoms. The van der Waals surface area contributed by atoms with E-state index in [-0.39, 0.29) is 17.6 Å². The second-order valence-electron chi connectivity index (χ2n) is 6.57. The lowest BCUT2D eigenvalue weighted by Gasteiger charge is -2.35. The van der Waals surface area contributed by atoms with Crippen LogP contribution in [-0.4, -0.2) is 59.6 Å². The van der Waals surface area contributed by atoms with E-state index in [2.05, 4.69) is 4.90 Å². The average Bonchev–Trinajstić information content (AvgIpc) is 3.39. The van der Waals surface area contributed by atoms with Crippen molar-refractivity contribution in [3.05, 3.63) is 35.4 Å². The maximum absolute atomic E-state index is 12.6. The number of aliphatic hydroxyl groups is 1. The molecule has 0 unspecified atom stereocenters. The van der Waals surface area contributed by atoms with Crippen molar-refractivity contribution >= 4 is 5.91 Å². The monoisotopic (exact) mass is 342 g/mol. The number of hydrogen-bond acceptors (Lipinski definition) is 3. The lowest BCUT2D eigenvalue weighted by molar-refractivity contribution is -0.137. The molecule has 1 N–H and O–H groups in total. The number of piperazine rings is 1. The molecule has 1 aliphatic heterocycles. The van der Waals surface area contributed by atoms with E-state index < -0.39 is 11.7 Å². The van der Waals surface area contributed by atoms with Gasteiger partial charge in [-0.15, -0.1) is 0 Å². The van der Waals surface area contributed by atoms with Crippen LogP contribution in [-0.2, 0) is 6.18 Å². The van der Waals surface area contributed by atoms with E-state index in [0.29, 0.717) is 38.6 Å². The zero-order valence-corrected chi connectivity index (χ0v) is 13.3. The fraction of sp³-hybridized carbons (Fsp3) is 0.588. The highest BCUT2D eigenvalue weighted by Gasteiger charge is 2.33. The molecule has 1 amide bonds. The van der Waals surface area contributed by atoms with Gasteiger partial charge in [0.15, 0.2) is 0 Å². The molecule has 1 aromatic carbocycles. The van der Waals surface area contributed by atoms with Crippen molar-refractivity contribution in [1.82, 2.24) is 9.80 Å². The Bertz CT molecular complexity index is 576. The first-order valence-electron chi connectivity index (χ1n) is 8.21. The molecule has 2 aliphatic rings. The van der Waals surface area contributed by atoms with Gasteiger partial charge in [-0.3, -0.25) is 9.69 Å². The lowest BCUT2D eigenvalue weighted by atomic mass is 10.1. The standard InChI is InChI=1S/C17H21F3N2O2/c18-17(19,20)14-5-3-13(4-6-14)16(24)22-9-7-21(8-10-22)11-15(23)12-1-2-12/h3-6,12,15,23H,1-2,7-11H2/t15-/m0/s1. The molecule has 1 saturated carbocycles. The molecule has 4 nitrogen and oxygen atoms in total. The van der Waals surface area contributed by atoms with Gasteiger partial charge in [0.05, 0.1) is 11.7 Å². The molecule has 0 spiro atoms. The fourth-order valence-electron chi connectivity index (χ4n) is 3.01. The first kappa shape index (κ1) is 17.2. The number of benzene rings is 1. The number of halogens is 3. The van der Waals surface area contributed by atoms with E-state index in [1.54, 1.807) is 4.90 Å². The second-order valence-corrected chi connectivity index (χ2v) is 6.57. The zero-order valence-electron chi connectivity index (χ0n) is 13.3. The van der Waals surface area contributed by atoms with Crippen molar-refractivity contribution in [1.29, 1.82) is 0 Å². The molecule has 0 radical (unpaired) electrons. The number of alkyl halides is 3. The third kappa shape index (κ3) is 4.08. The Morgan fingerprint density at radius 1 is 1.12 bits per heavy atom. The Balaban J connectivity index is 1.53. The molecule has 1 aliphatic carbocycles. The summed E-state index contributed by atoms with van der Waals surface area (Å²) in [5.41, 5.74) is -0.479. The van der Waals surface area contributed by atoms with Crippen molar-refractivity contribution in [2.24, 2.45) is 5.92 Å². The number of carbonyl (C=O) groups is 1. The number of β-amino-alcohol motifs (C(OH)–C–C–N with tert-alkyl or cyclic N) is 1. The molecule has 2 fully saturated rings. The number of hydrogen-bond donors (Lipinski definition) is 1. The molecule has 24 heavy (non-hydrogen) atoms. The van der Waals surface area contributed by atoms with Gasteiger partial charge in [-0.2, -0.15) is 13.2 Å². The third-order valence-electron chi connectivity index (χ3n) is 4.73. The van der Waals surface area contributed by atoms with Crippen LogP contribution in [0.1, 0.15) is 28.8 Å². The maximum atomic E-state index is 12.6. The van der Waals surface area contributed by atoms with Crippen LogP contribution in [0, 0.1) is 5.92 Å². The summed E-state index contributed by atoms with van der Waals surface area (Å²) in [6.07, 6.45) is -2.50. The highest BCUT2D eigenvalue weighted by atomic mass is 19.4. The smallest absolute Gasteiger partial charge is 0.392 e. The van der Waals surface area contributed by atoms with Gasteiger partial charge in [-0.25, -0.2) is 0 Å². The van der Waals surface area contributed by atoms with Gasteiger partial charge in [0.2, 0.25) is 0 Å². The van der Waals surface area contributed by atoms with Crippen LogP contribution in [0.4, 0.5) is 13.2 Å². The summed E-state index contributed by atoms with van der Waals surface area (Å²) >= 11 is 0. The molecular formula is C17H21F3N2O2. The Kier molecular flexibility index (Phi) is 4.83. The van der Waals surface area contributed by atoms with Crippen molar-refractivity contribution in [2.75, 3.05) is 32.7 Å². The van der Waals surface area contributed by atoms with Gasteiger partial charge in [-0.05, 0) is 43.0 Å². The van der Waals surface area contributed by atoms with Crippen LogP contribution in [0.15, 0.2) is 24.3 Å². The molecule has 1 heterocycles.